The lowest BCUT2D eigenvalue weighted by molar-refractivity contribution is -0.104. The molecule has 0 amide bonds. The molecular weight excluding hydrogens is 184 g/mol. The van der Waals surface area contributed by atoms with Crippen LogP contribution in [0.4, 0.5) is 0 Å². The van der Waals surface area contributed by atoms with Crippen LogP contribution in [0.15, 0.2) is 9.81 Å². The van der Waals surface area contributed by atoms with Gasteiger partial charge in [-0.05, 0) is 0 Å². The quantitative estimate of drug-likeness (QED) is 0.375. The van der Waals surface area contributed by atoms with Crippen molar-refractivity contribution in [3.8, 4) is 0 Å². The third-order valence-electron chi connectivity index (χ3n) is 1.04. The van der Waals surface area contributed by atoms with Crippen molar-refractivity contribution in [1.29, 1.82) is 0 Å². The first-order valence-corrected chi connectivity index (χ1v) is 5.23. The smallest absolute Gasteiger partial charge is 0.152 e. The molecule has 10 heavy (non-hydrogen) atoms. The van der Waals surface area contributed by atoms with Crippen LogP contribution in [-0.2, 0) is 4.79 Å². The SMILES string of the molecule is O=CC(C=S)=C1SCCS1. The topological polar surface area (TPSA) is 17.1 Å². The van der Waals surface area contributed by atoms with Crippen molar-refractivity contribution < 1.29 is 4.79 Å². The summed E-state index contributed by atoms with van der Waals surface area (Å²) in [5.41, 5.74) is 0.669. The van der Waals surface area contributed by atoms with E-state index in [0.717, 1.165) is 22.0 Å². The molecule has 1 heterocycles. The summed E-state index contributed by atoms with van der Waals surface area (Å²) < 4.78 is 1.09. The summed E-state index contributed by atoms with van der Waals surface area (Å²) in [6, 6.07) is 0. The highest BCUT2D eigenvalue weighted by atomic mass is 32.2. The minimum absolute atomic E-state index is 0.669. The van der Waals surface area contributed by atoms with Crippen molar-refractivity contribution in [1.82, 2.24) is 0 Å². The molecule has 0 aliphatic carbocycles. The molecule has 4 heteroatoms. The second-order valence-corrected chi connectivity index (χ2v) is 4.38. The number of hydrogen-bond donors (Lipinski definition) is 0. The molecule has 1 aliphatic rings. The Morgan fingerprint density at radius 1 is 1.50 bits per heavy atom. The molecule has 1 saturated heterocycles. The molecule has 0 aromatic carbocycles. The largest absolute Gasteiger partial charge is 0.298 e. The summed E-state index contributed by atoms with van der Waals surface area (Å²) in [5, 5.41) is 1.45. The molecule has 0 spiro atoms. The van der Waals surface area contributed by atoms with Gasteiger partial charge < -0.3 is 0 Å². The van der Waals surface area contributed by atoms with Gasteiger partial charge in [-0.3, -0.25) is 4.79 Å². The van der Waals surface area contributed by atoms with Crippen LogP contribution in [0, 0.1) is 0 Å². The predicted octanol–water partition coefficient (Wildman–Crippen LogP) is 1.88. The predicted molar refractivity (Wildman–Crippen MR) is 51.7 cm³/mol. The first-order valence-electron chi connectivity index (χ1n) is 2.78. The molecule has 54 valence electrons. The maximum absolute atomic E-state index is 10.3. The number of carbonyl (C=O) groups excluding carboxylic acids is 1. The summed E-state index contributed by atoms with van der Waals surface area (Å²) in [4.78, 5) is 10.3. The van der Waals surface area contributed by atoms with Crippen LogP contribution in [-0.4, -0.2) is 23.2 Å². The Hall–Kier alpha value is 0.200. The third-order valence-corrected chi connectivity index (χ3v) is 4.07. The molecule has 0 aromatic rings. The van der Waals surface area contributed by atoms with E-state index in [0.29, 0.717) is 5.57 Å². The van der Waals surface area contributed by atoms with Gasteiger partial charge in [0.25, 0.3) is 0 Å². The normalized spacial score (nSPS) is 17.0. The van der Waals surface area contributed by atoms with Crippen LogP contribution >= 0.6 is 35.7 Å². The van der Waals surface area contributed by atoms with Crippen LogP contribution in [0.3, 0.4) is 0 Å². The Morgan fingerprint density at radius 3 is 2.50 bits per heavy atom. The molecule has 0 N–H and O–H groups in total. The lowest BCUT2D eigenvalue weighted by atomic mass is 10.4. The molecule has 0 unspecified atom stereocenters. The molecular formula is C6H6OS3. The number of thiocarbonyl (C=S) groups is 1. The van der Waals surface area contributed by atoms with Crippen LogP contribution in [0.25, 0.3) is 0 Å². The summed E-state index contributed by atoms with van der Waals surface area (Å²) >= 11 is 8.09. The molecule has 1 aliphatic heterocycles. The summed E-state index contributed by atoms with van der Waals surface area (Å²) in [6.07, 6.45) is 0.827. The van der Waals surface area contributed by atoms with Crippen molar-refractivity contribution in [2.45, 2.75) is 0 Å². The van der Waals surface area contributed by atoms with E-state index in [1.54, 1.807) is 23.5 Å². The number of rotatable bonds is 2. The van der Waals surface area contributed by atoms with E-state index >= 15 is 0 Å². The summed E-state index contributed by atoms with van der Waals surface area (Å²) in [7, 11) is 0. The van der Waals surface area contributed by atoms with Crippen molar-refractivity contribution in [3.05, 3.63) is 9.81 Å². The highest BCUT2D eigenvalue weighted by molar-refractivity contribution is 8.25. The molecule has 0 saturated carbocycles. The van der Waals surface area contributed by atoms with Crippen LogP contribution in [0.2, 0.25) is 0 Å². The molecule has 0 bridgehead atoms. The Kier molecular flexibility index (Phi) is 3.45. The number of hydrogen-bond acceptors (Lipinski definition) is 4. The zero-order chi connectivity index (χ0) is 7.40. The maximum Gasteiger partial charge on any atom is 0.152 e. The van der Waals surface area contributed by atoms with Gasteiger partial charge in [0.1, 0.15) is 0 Å². The standard InChI is InChI=1S/C6H6OS3/c7-3-5(4-8)6-9-1-2-10-6/h3-4H,1-2H2. The van der Waals surface area contributed by atoms with Gasteiger partial charge in [-0.25, -0.2) is 0 Å². The van der Waals surface area contributed by atoms with Crippen LogP contribution < -0.4 is 0 Å². The van der Waals surface area contributed by atoms with E-state index in [2.05, 4.69) is 12.2 Å². The van der Waals surface area contributed by atoms with Crippen LogP contribution in [0.5, 0.6) is 0 Å². The van der Waals surface area contributed by atoms with Crippen molar-refractivity contribution >= 4 is 47.4 Å². The zero-order valence-electron chi connectivity index (χ0n) is 5.20. The van der Waals surface area contributed by atoms with Crippen molar-refractivity contribution in [2.75, 3.05) is 11.5 Å². The minimum atomic E-state index is 0.669. The first-order chi connectivity index (χ1) is 4.88. The average Bonchev–Trinajstić information content (AvgIpc) is 2.43. The molecule has 0 radical (unpaired) electrons. The fourth-order valence-electron chi connectivity index (χ4n) is 0.601. The molecule has 1 nitrogen and oxygen atoms in total. The molecule has 0 atom stereocenters. The van der Waals surface area contributed by atoms with Gasteiger partial charge in [0.2, 0.25) is 0 Å². The Balaban J connectivity index is 2.78. The highest BCUT2D eigenvalue weighted by Crippen LogP contribution is 2.37. The van der Waals surface area contributed by atoms with Crippen molar-refractivity contribution in [2.24, 2.45) is 0 Å². The number of allylic oxidation sites excluding steroid dienone is 1. The average molecular weight is 190 g/mol. The van der Waals surface area contributed by atoms with E-state index in [1.807, 2.05) is 0 Å². The molecule has 1 fully saturated rings. The highest BCUT2D eigenvalue weighted by Gasteiger charge is 2.11. The van der Waals surface area contributed by atoms with E-state index in [4.69, 9.17) is 0 Å². The number of carbonyl (C=O) groups is 1. The minimum Gasteiger partial charge on any atom is -0.298 e. The molecule has 0 aromatic heterocycles. The maximum atomic E-state index is 10.3. The van der Waals surface area contributed by atoms with Crippen LogP contribution in [0.1, 0.15) is 0 Å². The fourth-order valence-corrected chi connectivity index (χ4v) is 3.34. The van der Waals surface area contributed by atoms with E-state index in [1.165, 1.54) is 5.37 Å². The summed E-state index contributed by atoms with van der Waals surface area (Å²) in [5.74, 6) is 2.20. The Bertz CT molecular complexity index is 167. The van der Waals surface area contributed by atoms with Crippen molar-refractivity contribution in [3.63, 3.8) is 0 Å². The first kappa shape index (κ1) is 8.30. The van der Waals surface area contributed by atoms with Gasteiger partial charge in [0.05, 0.1) is 4.24 Å². The van der Waals surface area contributed by atoms with Gasteiger partial charge in [-0.15, -0.1) is 23.5 Å². The second-order valence-electron chi connectivity index (χ2n) is 1.68. The van der Waals surface area contributed by atoms with Gasteiger partial charge in [-0.2, -0.15) is 0 Å². The van der Waals surface area contributed by atoms with Gasteiger partial charge in [0, 0.05) is 22.4 Å². The van der Waals surface area contributed by atoms with E-state index < -0.39 is 0 Å². The molecule has 1 rings (SSSR count). The lowest BCUT2D eigenvalue weighted by Crippen LogP contribution is -1.84. The second kappa shape index (κ2) is 4.16. The Morgan fingerprint density at radius 2 is 2.10 bits per heavy atom. The van der Waals surface area contributed by atoms with Gasteiger partial charge >= 0.3 is 0 Å². The fraction of sp³-hybridized carbons (Fsp3) is 0.333. The third kappa shape index (κ3) is 1.84. The van der Waals surface area contributed by atoms with E-state index in [9.17, 15) is 4.79 Å². The lowest BCUT2D eigenvalue weighted by Gasteiger charge is -1.93. The number of thioether (sulfide) groups is 2. The Labute approximate surface area is 73.6 Å². The summed E-state index contributed by atoms with van der Waals surface area (Å²) in [6.45, 7) is 0. The van der Waals surface area contributed by atoms with E-state index in [-0.39, 0.29) is 0 Å². The number of aldehydes is 1. The zero-order valence-corrected chi connectivity index (χ0v) is 7.65. The van der Waals surface area contributed by atoms with Gasteiger partial charge in [-0.1, -0.05) is 12.2 Å². The van der Waals surface area contributed by atoms with Gasteiger partial charge in [0.15, 0.2) is 6.29 Å². The monoisotopic (exact) mass is 190 g/mol.